The molecule has 136 valence electrons. The lowest BCUT2D eigenvalue weighted by Crippen LogP contribution is -2.42. The predicted octanol–water partition coefficient (Wildman–Crippen LogP) is 4.75. The van der Waals surface area contributed by atoms with Crippen molar-refractivity contribution in [1.29, 1.82) is 0 Å². The van der Waals surface area contributed by atoms with E-state index < -0.39 is 4.92 Å². The van der Waals surface area contributed by atoms with E-state index in [1.807, 2.05) is 19.9 Å². The van der Waals surface area contributed by atoms with Crippen LogP contribution in [-0.4, -0.2) is 15.8 Å². The quantitative estimate of drug-likeness (QED) is 0.588. The van der Waals surface area contributed by atoms with Crippen LogP contribution < -0.4 is 0 Å². The number of carbonyl (C=O) groups excluding carboxylic acids is 1. The molecule has 5 heteroatoms. The molecule has 0 bridgehead atoms. The normalized spacial score (nSPS) is 32.8. The minimum atomic E-state index is -0.458. The summed E-state index contributed by atoms with van der Waals surface area (Å²) >= 11 is 0. The summed E-state index contributed by atoms with van der Waals surface area (Å²) in [6, 6.07) is 3.33. The zero-order valence-corrected chi connectivity index (χ0v) is 15.2. The number of rotatable bonds is 1. The molecule has 5 nitrogen and oxygen atoms in total. The Bertz CT molecular complexity index is 714. The van der Waals surface area contributed by atoms with Crippen molar-refractivity contribution in [2.45, 2.75) is 65.2 Å². The summed E-state index contributed by atoms with van der Waals surface area (Å²) in [5, 5.41) is 21.2. The van der Waals surface area contributed by atoms with E-state index in [0.717, 1.165) is 31.2 Å². The number of phenols is 1. The van der Waals surface area contributed by atoms with Crippen LogP contribution in [0.4, 0.5) is 5.69 Å². The Morgan fingerprint density at radius 3 is 2.60 bits per heavy atom. The fourth-order valence-electron chi connectivity index (χ4n) is 5.61. The van der Waals surface area contributed by atoms with Crippen molar-refractivity contribution in [3.8, 4) is 5.75 Å². The summed E-state index contributed by atoms with van der Waals surface area (Å²) in [5.41, 5.74) is 1.45. The van der Waals surface area contributed by atoms with Crippen LogP contribution in [0.3, 0.4) is 0 Å². The molecule has 1 aromatic carbocycles. The number of hydrogen-bond donors (Lipinski definition) is 1. The molecule has 4 unspecified atom stereocenters. The largest absolute Gasteiger partial charge is 0.502 e. The molecule has 3 aliphatic carbocycles. The Labute approximate surface area is 148 Å². The molecule has 2 saturated carbocycles. The minimum absolute atomic E-state index is 0.114. The van der Waals surface area contributed by atoms with Crippen LogP contribution in [-0.2, 0) is 11.2 Å². The number of nitro groups is 1. The van der Waals surface area contributed by atoms with Crippen LogP contribution in [0.5, 0.6) is 5.75 Å². The summed E-state index contributed by atoms with van der Waals surface area (Å²) in [6.45, 7) is 6.12. The van der Waals surface area contributed by atoms with Crippen molar-refractivity contribution in [3.63, 3.8) is 0 Å². The van der Waals surface area contributed by atoms with Crippen molar-refractivity contribution in [2.24, 2.45) is 17.3 Å². The van der Waals surface area contributed by atoms with Gasteiger partial charge < -0.3 is 5.11 Å². The molecular weight excluding hydrogens is 318 g/mol. The molecule has 25 heavy (non-hydrogen) atoms. The highest BCUT2D eigenvalue weighted by Crippen LogP contribution is 2.60. The lowest BCUT2D eigenvalue weighted by Gasteiger charge is -2.48. The summed E-state index contributed by atoms with van der Waals surface area (Å²) in [5.74, 6) is 1.32. The van der Waals surface area contributed by atoms with E-state index >= 15 is 0 Å². The Morgan fingerprint density at radius 2 is 1.92 bits per heavy atom. The topological polar surface area (TPSA) is 80.4 Å². The summed E-state index contributed by atoms with van der Waals surface area (Å²) in [7, 11) is 0. The first-order chi connectivity index (χ1) is 11.9. The van der Waals surface area contributed by atoms with Crippen molar-refractivity contribution < 1.29 is 14.8 Å². The third-order valence-electron chi connectivity index (χ3n) is 6.75. The van der Waals surface area contributed by atoms with Crippen molar-refractivity contribution in [3.05, 3.63) is 33.4 Å². The fraction of sp³-hybridized carbons (Fsp3) is 0.650. The Morgan fingerprint density at radius 1 is 1.20 bits per heavy atom. The lowest BCUT2D eigenvalue weighted by molar-refractivity contribution is -0.386. The van der Waals surface area contributed by atoms with Crippen LogP contribution in [0, 0.1) is 27.4 Å². The van der Waals surface area contributed by atoms with Gasteiger partial charge in [-0.15, -0.1) is 0 Å². The van der Waals surface area contributed by atoms with Crippen LogP contribution >= 0.6 is 0 Å². The average molecular weight is 345 g/mol. The molecule has 0 aromatic heterocycles. The maximum absolute atomic E-state index is 12.3. The SMILES string of the molecule is CC.CC12CCC3c4ccc(O)c([N+](=O)[O-])c4CCC3C1CCC2=O. The molecule has 0 heterocycles. The van der Waals surface area contributed by atoms with Crippen molar-refractivity contribution >= 4 is 11.5 Å². The molecule has 3 aliphatic rings. The van der Waals surface area contributed by atoms with Gasteiger partial charge in [-0.05, 0) is 61.5 Å². The number of ketones is 1. The highest BCUT2D eigenvalue weighted by atomic mass is 16.6. The third kappa shape index (κ3) is 2.55. The van der Waals surface area contributed by atoms with E-state index in [2.05, 4.69) is 6.92 Å². The van der Waals surface area contributed by atoms with Crippen LogP contribution in [0.15, 0.2) is 12.1 Å². The zero-order chi connectivity index (χ0) is 18.4. The van der Waals surface area contributed by atoms with Gasteiger partial charge in [-0.2, -0.15) is 0 Å². The highest BCUT2D eigenvalue weighted by molar-refractivity contribution is 5.87. The van der Waals surface area contributed by atoms with Gasteiger partial charge in [0.25, 0.3) is 0 Å². The average Bonchev–Trinajstić information content (AvgIpc) is 2.91. The first-order valence-corrected chi connectivity index (χ1v) is 9.46. The molecule has 0 spiro atoms. The van der Waals surface area contributed by atoms with E-state index in [1.54, 1.807) is 0 Å². The molecule has 1 N–H and O–H groups in total. The van der Waals surface area contributed by atoms with Gasteiger partial charge in [0.15, 0.2) is 5.75 Å². The number of nitrogens with zero attached hydrogens (tertiary/aromatic N) is 1. The first kappa shape index (κ1) is 17.9. The molecule has 0 amide bonds. The maximum atomic E-state index is 12.3. The number of fused-ring (bicyclic) bond motifs is 5. The van der Waals surface area contributed by atoms with Crippen molar-refractivity contribution in [2.75, 3.05) is 0 Å². The second kappa shape index (κ2) is 6.43. The summed E-state index contributed by atoms with van der Waals surface area (Å²) in [6.07, 6.45) is 4.96. The van der Waals surface area contributed by atoms with E-state index in [0.29, 0.717) is 41.9 Å². The van der Waals surface area contributed by atoms with Crippen LogP contribution in [0.25, 0.3) is 0 Å². The second-order valence-corrected chi connectivity index (χ2v) is 7.59. The van der Waals surface area contributed by atoms with Gasteiger partial charge >= 0.3 is 5.69 Å². The monoisotopic (exact) mass is 345 g/mol. The van der Waals surface area contributed by atoms with Gasteiger partial charge in [0.2, 0.25) is 0 Å². The highest BCUT2D eigenvalue weighted by Gasteiger charge is 2.55. The van der Waals surface area contributed by atoms with Gasteiger partial charge in [-0.3, -0.25) is 14.9 Å². The lowest BCUT2D eigenvalue weighted by atomic mass is 9.55. The molecular formula is C20H27NO4. The summed E-state index contributed by atoms with van der Waals surface area (Å²) < 4.78 is 0. The minimum Gasteiger partial charge on any atom is -0.502 e. The van der Waals surface area contributed by atoms with Gasteiger partial charge in [0.1, 0.15) is 5.78 Å². The Balaban J connectivity index is 0.000000880. The smallest absolute Gasteiger partial charge is 0.314 e. The van der Waals surface area contributed by atoms with Gasteiger partial charge in [0.05, 0.1) is 4.92 Å². The molecule has 4 atom stereocenters. The van der Waals surface area contributed by atoms with Crippen molar-refractivity contribution in [1.82, 2.24) is 0 Å². The van der Waals surface area contributed by atoms with Crippen LogP contribution in [0.2, 0.25) is 0 Å². The Hall–Kier alpha value is -1.91. The van der Waals surface area contributed by atoms with E-state index in [-0.39, 0.29) is 16.9 Å². The molecule has 0 aliphatic heterocycles. The summed E-state index contributed by atoms with van der Waals surface area (Å²) in [4.78, 5) is 23.2. The van der Waals surface area contributed by atoms with Gasteiger partial charge in [0, 0.05) is 17.4 Å². The third-order valence-corrected chi connectivity index (χ3v) is 6.75. The molecule has 0 radical (unpaired) electrons. The fourth-order valence-corrected chi connectivity index (χ4v) is 5.61. The standard InChI is InChI=1S/C18H21NO4.C2H6/c1-18-9-8-11-10-4-6-15(20)17(19(22)23)13(10)3-2-12(11)14(18)5-7-16(18)21;1-2/h4,6,11-12,14,20H,2-3,5,7-9H2,1H3;1-2H3. The Kier molecular flexibility index (Phi) is 4.60. The molecule has 0 saturated heterocycles. The van der Waals surface area contributed by atoms with E-state index in [1.165, 1.54) is 6.07 Å². The number of nitro benzene ring substituents is 1. The van der Waals surface area contributed by atoms with E-state index in [9.17, 15) is 20.0 Å². The van der Waals surface area contributed by atoms with Gasteiger partial charge in [-0.1, -0.05) is 26.8 Å². The maximum Gasteiger partial charge on any atom is 0.314 e. The van der Waals surface area contributed by atoms with Gasteiger partial charge in [-0.25, -0.2) is 0 Å². The number of carbonyl (C=O) groups is 1. The van der Waals surface area contributed by atoms with Crippen LogP contribution in [0.1, 0.15) is 69.9 Å². The number of hydrogen-bond acceptors (Lipinski definition) is 4. The number of benzene rings is 1. The number of aromatic hydroxyl groups is 1. The predicted molar refractivity (Wildman–Crippen MR) is 95.7 cm³/mol. The second-order valence-electron chi connectivity index (χ2n) is 7.59. The molecule has 2 fully saturated rings. The van der Waals surface area contributed by atoms with E-state index in [4.69, 9.17) is 0 Å². The zero-order valence-electron chi connectivity index (χ0n) is 15.2. The molecule has 1 aromatic rings. The number of phenolic OH excluding ortho intramolecular Hbond substituents is 1. The molecule has 4 rings (SSSR count). The first-order valence-electron chi connectivity index (χ1n) is 9.46. The number of Topliss-reactive ketones (excluding diaryl/α,β-unsaturated/α-hetero) is 1.